The molecular weight excluding hydrogens is 288 g/mol. The number of Topliss-reactive ketones (excluding diaryl/α,β-unsaturated/α-hetero) is 1. The third-order valence-electron chi connectivity index (χ3n) is 4.15. The van der Waals surface area contributed by atoms with Crippen LogP contribution in [0.2, 0.25) is 0 Å². The first kappa shape index (κ1) is 15.5. The summed E-state index contributed by atoms with van der Waals surface area (Å²) in [4.78, 5) is 22.4. The van der Waals surface area contributed by atoms with Crippen molar-refractivity contribution in [3.63, 3.8) is 0 Å². The highest BCUT2D eigenvalue weighted by Gasteiger charge is 2.12. The van der Waals surface area contributed by atoms with Crippen LogP contribution in [0.4, 0.5) is 17.3 Å². The highest BCUT2D eigenvalue weighted by atomic mass is 16.1. The number of carbonyl (C=O) groups excluding carboxylic acids is 1. The van der Waals surface area contributed by atoms with Gasteiger partial charge in [0.1, 0.15) is 18.0 Å². The molecule has 0 radical (unpaired) electrons. The number of hydrogen-bond donors (Lipinski definition) is 1. The summed E-state index contributed by atoms with van der Waals surface area (Å²) in [6, 6.07) is 9.42. The van der Waals surface area contributed by atoms with E-state index in [-0.39, 0.29) is 5.78 Å². The Morgan fingerprint density at radius 1 is 1.04 bits per heavy atom. The lowest BCUT2D eigenvalue weighted by molar-refractivity contribution is 0.101. The lowest BCUT2D eigenvalue weighted by Crippen LogP contribution is -2.25. The van der Waals surface area contributed by atoms with Crippen LogP contribution < -0.4 is 10.2 Å². The fourth-order valence-corrected chi connectivity index (χ4v) is 2.82. The van der Waals surface area contributed by atoms with Gasteiger partial charge >= 0.3 is 0 Å². The highest BCUT2D eigenvalue weighted by Crippen LogP contribution is 2.21. The average Bonchev–Trinajstić information content (AvgIpc) is 2.85. The number of anilines is 3. The molecule has 1 aliphatic rings. The van der Waals surface area contributed by atoms with Crippen molar-refractivity contribution in [3.05, 3.63) is 42.2 Å². The predicted octanol–water partition coefficient (Wildman–Crippen LogP) is 3.80. The van der Waals surface area contributed by atoms with Crippen molar-refractivity contribution in [2.24, 2.45) is 0 Å². The molecule has 120 valence electrons. The summed E-state index contributed by atoms with van der Waals surface area (Å²) in [6.07, 6.45) is 6.65. The van der Waals surface area contributed by atoms with Crippen LogP contribution in [0.1, 0.15) is 43.0 Å². The van der Waals surface area contributed by atoms with E-state index in [0.717, 1.165) is 30.4 Å². The average molecular weight is 310 g/mol. The van der Waals surface area contributed by atoms with Crippen molar-refractivity contribution in [2.45, 2.75) is 32.6 Å². The number of carbonyl (C=O) groups is 1. The number of benzene rings is 1. The molecule has 1 fully saturated rings. The van der Waals surface area contributed by atoms with Crippen molar-refractivity contribution in [1.82, 2.24) is 9.97 Å². The van der Waals surface area contributed by atoms with Gasteiger partial charge in [-0.3, -0.25) is 4.79 Å². The molecule has 2 aromatic rings. The first-order valence-corrected chi connectivity index (χ1v) is 8.17. The van der Waals surface area contributed by atoms with Crippen LogP contribution in [-0.4, -0.2) is 28.8 Å². The minimum Gasteiger partial charge on any atom is -0.356 e. The molecule has 5 heteroatoms. The number of ketones is 1. The van der Waals surface area contributed by atoms with E-state index in [9.17, 15) is 4.79 Å². The molecule has 1 saturated heterocycles. The lowest BCUT2D eigenvalue weighted by Gasteiger charge is -2.21. The van der Waals surface area contributed by atoms with E-state index in [1.807, 2.05) is 30.3 Å². The van der Waals surface area contributed by atoms with Crippen LogP contribution in [0.15, 0.2) is 36.7 Å². The Kier molecular flexibility index (Phi) is 4.86. The fraction of sp³-hybridized carbons (Fsp3) is 0.389. The maximum absolute atomic E-state index is 11.3. The summed E-state index contributed by atoms with van der Waals surface area (Å²) in [7, 11) is 0. The number of nitrogens with one attached hydrogen (secondary N) is 1. The van der Waals surface area contributed by atoms with Gasteiger partial charge in [-0.1, -0.05) is 12.8 Å². The lowest BCUT2D eigenvalue weighted by atomic mass is 10.1. The minimum atomic E-state index is 0.0713. The van der Waals surface area contributed by atoms with E-state index < -0.39 is 0 Å². The van der Waals surface area contributed by atoms with E-state index in [2.05, 4.69) is 20.2 Å². The molecule has 1 aromatic carbocycles. The quantitative estimate of drug-likeness (QED) is 0.870. The zero-order chi connectivity index (χ0) is 16.1. The van der Waals surface area contributed by atoms with Crippen LogP contribution >= 0.6 is 0 Å². The Balaban J connectivity index is 1.72. The number of rotatable bonds is 4. The summed E-state index contributed by atoms with van der Waals surface area (Å²) in [6.45, 7) is 3.69. The Morgan fingerprint density at radius 2 is 1.74 bits per heavy atom. The molecule has 0 aliphatic carbocycles. The number of nitrogens with zero attached hydrogens (tertiary/aromatic N) is 3. The summed E-state index contributed by atoms with van der Waals surface area (Å²) >= 11 is 0. The van der Waals surface area contributed by atoms with Crippen LogP contribution in [0.5, 0.6) is 0 Å². The zero-order valence-corrected chi connectivity index (χ0v) is 13.5. The Hall–Kier alpha value is -2.43. The molecule has 0 atom stereocenters. The first-order valence-electron chi connectivity index (χ1n) is 8.17. The SMILES string of the molecule is CC(=O)c1ccc(Nc2cc(N3CCCCCC3)ncn2)cc1. The predicted molar refractivity (Wildman–Crippen MR) is 92.4 cm³/mol. The largest absolute Gasteiger partial charge is 0.356 e. The monoisotopic (exact) mass is 310 g/mol. The molecule has 0 spiro atoms. The maximum atomic E-state index is 11.3. The van der Waals surface area contributed by atoms with Crippen molar-refractivity contribution >= 4 is 23.1 Å². The van der Waals surface area contributed by atoms with E-state index in [1.54, 1.807) is 13.3 Å². The Labute approximate surface area is 136 Å². The molecule has 0 saturated carbocycles. The normalized spacial score (nSPS) is 15.1. The van der Waals surface area contributed by atoms with Gasteiger partial charge < -0.3 is 10.2 Å². The fourth-order valence-electron chi connectivity index (χ4n) is 2.82. The van der Waals surface area contributed by atoms with Crippen LogP contribution in [0.3, 0.4) is 0 Å². The van der Waals surface area contributed by atoms with Gasteiger partial charge in [-0.15, -0.1) is 0 Å². The molecule has 0 bridgehead atoms. The Bertz CT molecular complexity index is 661. The smallest absolute Gasteiger partial charge is 0.159 e. The number of hydrogen-bond acceptors (Lipinski definition) is 5. The molecule has 5 nitrogen and oxygen atoms in total. The van der Waals surface area contributed by atoms with Crippen molar-refractivity contribution < 1.29 is 4.79 Å². The van der Waals surface area contributed by atoms with Gasteiger partial charge in [0, 0.05) is 30.4 Å². The highest BCUT2D eigenvalue weighted by molar-refractivity contribution is 5.94. The van der Waals surface area contributed by atoms with Crippen molar-refractivity contribution in [1.29, 1.82) is 0 Å². The summed E-state index contributed by atoms with van der Waals surface area (Å²) in [5, 5.41) is 3.28. The summed E-state index contributed by atoms with van der Waals surface area (Å²) in [5.74, 6) is 1.82. The molecule has 23 heavy (non-hydrogen) atoms. The maximum Gasteiger partial charge on any atom is 0.159 e. The summed E-state index contributed by atoms with van der Waals surface area (Å²) in [5.41, 5.74) is 1.62. The molecule has 1 aromatic heterocycles. The van der Waals surface area contributed by atoms with Crippen LogP contribution in [0.25, 0.3) is 0 Å². The van der Waals surface area contributed by atoms with Gasteiger partial charge in [-0.05, 0) is 44.0 Å². The second-order valence-corrected chi connectivity index (χ2v) is 5.92. The van der Waals surface area contributed by atoms with Gasteiger partial charge in [-0.25, -0.2) is 9.97 Å². The molecule has 0 amide bonds. The standard InChI is InChI=1S/C18H22N4O/c1-14(23)15-6-8-16(9-7-15)21-17-12-18(20-13-19-17)22-10-4-2-3-5-11-22/h6-9,12-13H,2-5,10-11H2,1H3,(H,19,20,21). The van der Waals surface area contributed by atoms with Crippen molar-refractivity contribution in [2.75, 3.05) is 23.3 Å². The van der Waals surface area contributed by atoms with Gasteiger partial charge in [0.05, 0.1) is 0 Å². The van der Waals surface area contributed by atoms with Crippen LogP contribution in [0, 0.1) is 0 Å². The first-order chi connectivity index (χ1) is 11.2. The molecule has 3 rings (SSSR count). The molecule has 2 heterocycles. The van der Waals surface area contributed by atoms with Gasteiger partial charge in [0.25, 0.3) is 0 Å². The van der Waals surface area contributed by atoms with E-state index in [4.69, 9.17) is 0 Å². The second kappa shape index (κ2) is 7.22. The van der Waals surface area contributed by atoms with Crippen LogP contribution in [-0.2, 0) is 0 Å². The zero-order valence-electron chi connectivity index (χ0n) is 13.5. The van der Waals surface area contributed by atoms with Crippen molar-refractivity contribution in [3.8, 4) is 0 Å². The molecule has 1 aliphatic heterocycles. The number of aromatic nitrogens is 2. The minimum absolute atomic E-state index is 0.0713. The van der Waals surface area contributed by atoms with Gasteiger partial charge in [-0.2, -0.15) is 0 Å². The second-order valence-electron chi connectivity index (χ2n) is 5.92. The van der Waals surface area contributed by atoms with Gasteiger partial charge in [0.15, 0.2) is 5.78 Å². The van der Waals surface area contributed by atoms with Gasteiger partial charge in [0.2, 0.25) is 0 Å². The van der Waals surface area contributed by atoms with E-state index >= 15 is 0 Å². The van der Waals surface area contributed by atoms with E-state index in [1.165, 1.54) is 25.7 Å². The topological polar surface area (TPSA) is 58.1 Å². The molecular formula is C18H22N4O. The summed E-state index contributed by atoms with van der Waals surface area (Å²) < 4.78 is 0. The molecule has 1 N–H and O–H groups in total. The Morgan fingerprint density at radius 3 is 2.39 bits per heavy atom. The third-order valence-corrected chi connectivity index (χ3v) is 4.15. The molecule has 0 unspecified atom stereocenters. The van der Waals surface area contributed by atoms with E-state index in [0.29, 0.717) is 5.56 Å². The third kappa shape index (κ3) is 4.06.